The Hall–Kier alpha value is -3.20. The van der Waals surface area contributed by atoms with Gasteiger partial charge in [0.15, 0.2) is 0 Å². The zero-order valence-corrected chi connectivity index (χ0v) is 20.6. The Labute approximate surface area is 210 Å². The van der Waals surface area contributed by atoms with Crippen molar-refractivity contribution < 1.29 is 34.1 Å². The van der Waals surface area contributed by atoms with E-state index in [9.17, 15) is 24.9 Å². The summed E-state index contributed by atoms with van der Waals surface area (Å²) in [6.45, 7) is 1.57. The van der Waals surface area contributed by atoms with Crippen LogP contribution in [0.25, 0.3) is 6.08 Å². The average molecular weight is 496 g/mol. The van der Waals surface area contributed by atoms with Crippen LogP contribution in [0.3, 0.4) is 0 Å². The van der Waals surface area contributed by atoms with E-state index in [0.29, 0.717) is 42.1 Å². The van der Waals surface area contributed by atoms with E-state index >= 15 is 0 Å². The number of amides is 2. The Morgan fingerprint density at radius 1 is 1.17 bits per heavy atom. The molecule has 2 aromatic rings. The first-order chi connectivity index (χ1) is 17.3. The summed E-state index contributed by atoms with van der Waals surface area (Å²) in [5.41, 5.74) is 2.32. The topological polar surface area (TPSA) is 120 Å². The number of allylic oxidation sites excluding steroid dienone is 1. The Kier molecular flexibility index (Phi) is 8.08. The van der Waals surface area contributed by atoms with Crippen LogP contribution in [0.1, 0.15) is 37.7 Å². The molecular weight excluding hydrogens is 462 g/mol. The summed E-state index contributed by atoms with van der Waals surface area (Å²) >= 11 is 0. The van der Waals surface area contributed by atoms with Crippen LogP contribution in [-0.4, -0.2) is 58.4 Å². The number of rotatable bonds is 10. The molecule has 4 atom stereocenters. The standard InChI is InChI=1S/C28H33NO7/c1-17(12-20-9-10-21(14-30)36-20)8-11-24(32)25-18(16-35-19-6-4-3-5-7-19)13-22-26(23(25)15-31)28(34)29(2)27(22)33/h3-7,9-10,12,22-24,26,30-32H,8,11,13-16H2,1-2H3/b17-12+/t22-,23+,24-,26-/m1/s1. The van der Waals surface area contributed by atoms with Crippen molar-refractivity contribution in [1.82, 2.24) is 4.90 Å². The molecule has 8 nitrogen and oxygen atoms in total. The Bertz CT molecular complexity index is 1150. The summed E-state index contributed by atoms with van der Waals surface area (Å²) in [4.78, 5) is 26.8. The van der Waals surface area contributed by atoms with E-state index in [2.05, 4.69) is 0 Å². The molecule has 1 aromatic heterocycles. The lowest BCUT2D eigenvalue weighted by Crippen LogP contribution is -2.39. The van der Waals surface area contributed by atoms with Crippen LogP contribution in [0, 0.1) is 17.8 Å². The molecule has 2 heterocycles. The van der Waals surface area contributed by atoms with Crippen molar-refractivity contribution in [1.29, 1.82) is 0 Å². The number of benzene rings is 1. The maximum absolute atomic E-state index is 12.9. The van der Waals surface area contributed by atoms with Crippen LogP contribution in [0.15, 0.2) is 63.6 Å². The van der Waals surface area contributed by atoms with E-state index in [0.717, 1.165) is 16.0 Å². The second-order valence-electron chi connectivity index (χ2n) is 9.53. The van der Waals surface area contributed by atoms with Gasteiger partial charge in [0.1, 0.15) is 30.5 Å². The molecule has 192 valence electrons. The second-order valence-corrected chi connectivity index (χ2v) is 9.53. The van der Waals surface area contributed by atoms with E-state index in [1.165, 1.54) is 7.05 Å². The van der Waals surface area contributed by atoms with Gasteiger partial charge >= 0.3 is 0 Å². The summed E-state index contributed by atoms with van der Waals surface area (Å²) in [5.74, 6) is -0.720. The molecule has 0 radical (unpaired) electrons. The van der Waals surface area contributed by atoms with Gasteiger partial charge in [-0.3, -0.25) is 14.5 Å². The zero-order valence-electron chi connectivity index (χ0n) is 20.6. The highest BCUT2D eigenvalue weighted by Crippen LogP contribution is 2.46. The van der Waals surface area contributed by atoms with Gasteiger partial charge in [0.2, 0.25) is 11.8 Å². The van der Waals surface area contributed by atoms with Gasteiger partial charge in [0.05, 0.1) is 24.5 Å². The Balaban J connectivity index is 1.58. The van der Waals surface area contributed by atoms with E-state index < -0.39 is 23.9 Å². The number of likely N-dealkylation sites (tertiary alicyclic amines) is 1. The highest BCUT2D eigenvalue weighted by atomic mass is 16.5. The number of furan rings is 1. The smallest absolute Gasteiger partial charge is 0.233 e. The van der Waals surface area contributed by atoms with E-state index in [1.54, 1.807) is 12.1 Å². The first kappa shape index (κ1) is 25.9. The lowest BCUT2D eigenvalue weighted by atomic mass is 9.68. The maximum atomic E-state index is 12.9. The normalized spacial score (nSPS) is 23.3. The van der Waals surface area contributed by atoms with Gasteiger partial charge in [-0.25, -0.2) is 0 Å². The van der Waals surface area contributed by atoms with Crippen molar-refractivity contribution in [3.05, 3.63) is 70.7 Å². The third-order valence-electron chi connectivity index (χ3n) is 7.16. The Morgan fingerprint density at radius 2 is 1.92 bits per heavy atom. The number of aliphatic hydroxyl groups is 3. The number of ether oxygens (including phenoxy) is 1. The number of hydrogen-bond acceptors (Lipinski definition) is 7. The number of fused-ring (bicyclic) bond motifs is 1. The number of imide groups is 1. The molecule has 8 heteroatoms. The van der Waals surface area contributed by atoms with E-state index in [4.69, 9.17) is 9.15 Å². The van der Waals surface area contributed by atoms with Crippen LogP contribution < -0.4 is 4.74 Å². The van der Waals surface area contributed by atoms with Crippen molar-refractivity contribution in [3.63, 3.8) is 0 Å². The highest BCUT2D eigenvalue weighted by Gasteiger charge is 2.53. The molecule has 0 spiro atoms. The SMILES string of the molecule is C/C(=C\c1ccc(CO)o1)CC[C@@H](O)C1=C(COc2ccccc2)C[C@H]2C(=O)N(C)C(=O)[C@H]2[C@H]1CO. The van der Waals surface area contributed by atoms with Gasteiger partial charge in [-0.05, 0) is 67.7 Å². The first-order valence-electron chi connectivity index (χ1n) is 12.2. The first-order valence-corrected chi connectivity index (χ1v) is 12.2. The van der Waals surface area contributed by atoms with Crippen LogP contribution in [0.2, 0.25) is 0 Å². The lowest BCUT2D eigenvalue weighted by Gasteiger charge is -2.36. The monoisotopic (exact) mass is 495 g/mol. The van der Waals surface area contributed by atoms with Crippen molar-refractivity contribution in [2.24, 2.45) is 17.8 Å². The van der Waals surface area contributed by atoms with Crippen LogP contribution in [0.5, 0.6) is 5.75 Å². The molecule has 2 aliphatic rings. The van der Waals surface area contributed by atoms with Crippen molar-refractivity contribution in [3.8, 4) is 5.75 Å². The minimum atomic E-state index is -0.917. The maximum Gasteiger partial charge on any atom is 0.233 e. The van der Waals surface area contributed by atoms with Gasteiger partial charge in [-0.1, -0.05) is 23.8 Å². The number of nitrogens with zero attached hydrogens (tertiary/aromatic N) is 1. The third kappa shape index (κ3) is 5.31. The molecule has 1 saturated heterocycles. The molecule has 3 N–H and O–H groups in total. The molecule has 0 saturated carbocycles. The predicted molar refractivity (Wildman–Crippen MR) is 132 cm³/mol. The van der Waals surface area contributed by atoms with Crippen molar-refractivity contribution in [2.75, 3.05) is 20.3 Å². The molecule has 2 amide bonds. The number of aliphatic hydroxyl groups excluding tert-OH is 3. The summed E-state index contributed by atoms with van der Waals surface area (Å²) in [7, 11) is 1.47. The molecule has 1 aliphatic heterocycles. The predicted octanol–water partition coefficient (Wildman–Crippen LogP) is 2.94. The third-order valence-corrected chi connectivity index (χ3v) is 7.16. The van der Waals surface area contributed by atoms with Gasteiger partial charge < -0.3 is 24.5 Å². The Morgan fingerprint density at radius 3 is 2.58 bits per heavy atom. The number of carbonyl (C=O) groups excluding carboxylic acids is 2. The molecular formula is C28H33NO7. The van der Waals surface area contributed by atoms with Crippen molar-refractivity contribution in [2.45, 2.75) is 38.9 Å². The second kappa shape index (κ2) is 11.2. The van der Waals surface area contributed by atoms with Crippen LogP contribution >= 0.6 is 0 Å². The van der Waals surface area contributed by atoms with Crippen LogP contribution in [-0.2, 0) is 16.2 Å². The molecule has 1 aliphatic carbocycles. The number of para-hydroxylation sites is 1. The van der Waals surface area contributed by atoms with E-state index in [1.807, 2.05) is 43.3 Å². The molecule has 1 fully saturated rings. The lowest BCUT2D eigenvalue weighted by molar-refractivity contribution is -0.138. The summed E-state index contributed by atoms with van der Waals surface area (Å²) < 4.78 is 11.5. The van der Waals surface area contributed by atoms with Gasteiger partial charge in [0.25, 0.3) is 0 Å². The zero-order chi connectivity index (χ0) is 25.8. The molecule has 36 heavy (non-hydrogen) atoms. The van der Waals surface area contributed by atoms with Gasteiger partial charge in [-0.15, -0.1) is 0 Å². The summed E-state index contributed by atoms with van der Waals surface area (Å²) in [6, 6.07) is 12.7. The fraction of sp³-hybridized carbons (Fsp3) is 0.429. The summed E-state index contributed by atoms with van der Waals surface area (Å²) in [6.07, 6.45) is 2.16. The molecule has 1 aromatic carbocycles. The summed E-state index contributed by atoms with van der Waals surface area (Å²) in [5, 5.41) is 30.8. The minimum Gasteiger partial charge on any atom is -0.489 e. The van der Waals surface area contributed by atoms with Gasteiger partial charge in [-0.2, -0.15) is 0 Å². The number of hydrogen-bond donors (Lipinski definition) is 3. The quantitative estimate of drug-likeness (QED) is 0.342. The fourth-order valence-electron chi connectivity index (χ4n) is 5.33. The molecule has 0 unspecified atom stereocenters. The average Bonchev–Trinajstić information content (AvgIpc) is 3.43. The molecule has 0 bridgehead atoms. The fourth-order valence-corrected chi connectivity index (χ4v) is 5.33. The largest absolute Gasteiger partial charge is 0.489 e. The highest BCUT2D eigenvalue weighted by molar-refractivity contribution is 6.05. The van der Waals surface area contributed by atoms with Gasteiger partial charge in [0, 0.05) is 13.0 Å². The van der Waals surface area contributed by atoms with Crippen LogP contribution in [0.4, 0.5) is 0 Å². The number of carbonyl (C=O) groups is 2. The minimum absolute atomic E-state index is 0.159. The van der Waals surface area contributed by atoms with Crippen molar-refractivity contribution >= 4 is 17.9 Å². The molecule has 4 rings (SSSR count). The van der Waals surface area contributed by atoms with E-state index in [-0.39, 0.29) is 31.6 Å².